The van der Waals surface area contributed by atoms with E-state index in [9.17, 15) is 0 Å². The second-order valence-electron chi connectivity index (χ2n) is 7.49. The van der Waals surface area contributed by atoms with Crippen LogP contribution in [0.4, 0.5) is 5.69 Å². The predicted octanol–water partition coefficient (Wildman–Crippen LogP) is 5.31. The molecule has 1 heterocycles. The first-order chi connectivity index (χ1) is 16.1. The Labute approximate surface area is 198 Å². The molecule has 4 rings (SSSR count). The highest BCUT2D eigenvalue weighted by Gasteiger charge is 2.24. The molecule has 0 fully saturated rings. The second-order valence-corrected chi connectivity index (χ2v) is 7.90. The van der Waals surface area contributed by atoms with Gasteiger partial charge in [0.1, 0.15) is 5.75 Å². The predicted molar refractivity (Wildman–Crippen MR) is 137 cm³/mol. The molecule has 0 spiro atoms. The second kappa shape index (κ2) is 10.3. The molecule has 0 aliphatic rings. The molecule has 6 nitrogen and oxygen atoms in total. The molecule has 4 aromatic rings. The van der Waals surface area contributed by atoms with Gasteiger partial charge < -0.3 is 29.8 Å². The van der Waals surface area contributed by atoms with E-state index in [1.165, 1.54) is 0 Å². The average molecular weight is 462 g/mol. The Morgan fingerprint density at radius 1 is 0.909 bits per heavy atom. The van der Waals surface area contributed by atoms with E-state index in [0.717, 1.165) is 33.5 Å². The molecule has 1 unspecified atom stereocenters. The van der Waals surface area contributed by atoms with Crippen molar-refractivity contribution < 1.29 is 14.2 Å². The van der Waals surface area contributed by atoms with Crippen LogP contribution in [0.25, 0.3) is 10.9 Å². The number of rotatable bonds is 8. The van der Waals surface area contributed by atoms with Gasteiger partial charge in [-0.15, -0.1) is 0 Å². The van der Waals surface area contributed by atoms with Crippen LogP contribution in [0.1, 0.15) is 17.0 Å². The van der Waals surface area contributed by atoms with Crippen LogP contribution in [0.2, 0.25) is 0 Å². The van der Waals surface area contributed by atoms with Crippen molar-refractivity contribution in [3.63, 3.8) is 0 Å². The molecule has 3 aromatic carbocycles. The van der Waals surface area contributed by atoms with Crippen molar-refractivity contribution in [2.75, 3.05) is 33.2 Å². The van der Waals surface area contributed by atoms with Crippen LogP contribution in [0.3, 0.4) is 0 Å². The van der Waals surface area contributed by atoms with Crippen LogP contribution in [-0.2, 0) is 0 Å². The zero-order valence-corrected chi connectivity index (χ0v) is 19.7. The van der Waals surface area contributed by atoms with Gasteiger partial charge in [0.15, 0.2) is 16.6 Å². The molecule has 0 amide bonds. The Balaban J connectivity index is 1.65. The molecule has 0 radical (unpaired) electrons. The van der Waals surface area contributed by atoms with E-state index in [4.69, 9.17) is 26.4 Å². The molecule has 33 heavy (non-hydrogen) atoms. The summed E-state index contributed by atoms with van der Waals surface area (Å²) in [4.78, 5) is 3.38. The molecular formula is C26H27N3O3S. The van der Waals surface area contributed by atoms with E-state index in [-0.39, 0.29) is 5.92 Å². The number of thiocarbonyl (C=S) groups is 1. The number of nitrogens with one attached hydrogen (secondary N) is 3. The molecular weight excluding hydrogens is 434 g/mol. The van der Waals surface area contributed by atoms with E-state index in [0.29, 0.717) is 23.2 Å². The van der Waals surface area contributed by atoms with E-state index < -0.39 is 0 Å². The smallest absolute Gasteiger partial charge is 0.170 e. The summed E-state index contributed by atoms with van der Waals surface area (Å²) >= 11 is 5.59. The molecule has 0 saturated carbocycles. The Bertz CT molecular complexity index is 1250. The fourth-order valence-electron chi connectivity index (χ4n) is 4.03. The third kappa shape index (κ3) is 4.88. The Morgan fingerprint density at radius 3 is 2.52 bits per heavy atom. The summed E-state index contributed by atoms with van der Waals surface area (Å²) < 4.78 is 16.6. The molecule has 0 bridgehead atoms. The topological polar surface area (TPSA) is 67.5 Å². The monoisotopic (exact) mass is 461 g/mol. The number of ether oxygens (including phenoxy) is 3. The lowest BCUT2D eigenvalue weighted by atomic mass is 9.90. The third-order valence-electron chi connectivity index (χ3n) is 5.60. The molecule has 7 heteroatoms. The molecule has 0 saturated heterocycles. The van der Waals surface area contributed by atoms with Crippen molar-refractivity contribution in [1.29, 1.82) is 0 Å². The molecule has 0 aliphatic carbocycles. The third-order valence-corrected chi connectivity index (χ3v) is 5.85. The Hall–Kier alpha value is -3.71. The first-order valence-electron chi connectivity index (χ1n) is 10.6. The lowest BCUT2D eigenvalue weighted by Gasteiger charge is -2.23. The van der Waals surface area contributed by atoms with Gasteiger partial charge in [-0.3, -0.25) is 0 Å². The first-order valence-corrected chi connectivity index (χ1v) is 11.0. The van der Waals surface area contributed by atoms with E-state index in [1.807, 2.05) is 48.5 Å². The number of benzene rings is 3. The maximum atomic E-state index is 5.76. The zero-order chi connectivity index (χ0) is 23.2. The quantitative estimate of drug-likeness (QED) is 0.309. The number of fused-ring (bicyclic) bond motifs is 1. The van der Waals surface area contributed by atoms with E-state index in [1.54, 1.807) is 21.3 Å². The van der Waals surface area contributed by atoms with Gasteiger partial charge in [0.05, 0.1) is 21.3 Å². The van der Waals surface area contributed by atoms with Crippen LogP contribution >= 0.6 is 12.2 Å². The Kier molecular flexibility index (Phi) is 7.00. The normalized spacial score (nSPS) is 11.6. The summed E-state index contributed by atoms with van der Waals surface area (Å²) in [5.41, 5.74) is 4.10. The van der Waals surface area contributed by atoms with Gasteiger partial charge in [-0.05, 0) is 42.0 Å². The van der Waals surface area contributed by atoms with Crippen LogP contribution in [0.5, 0.6) is 17.2 Å². The van der Waals surface area contributed by atoms with Gasteiger partial charge in [0.25, 0.3) is 0 Å². The van der Waals surface area contributed by atoms with Crippen LogP contribution in [0.15, 0.2) is 72.9 Å². The molecule has 170 valence electrons. The summed E-state index contributed by atoms with van der Waals surface area (Å²) in [6, 6.07) is 21.8. The summed E-state index contributed by atoms with van der Waals surface area (Å²) in [7, 11) is 4.95. The lowest BCUT2D eigenvalue weighted by Crippen LogP contribution is -2.32. The Morgan fingerprint density at radius 2 is 1.73 bits per heavy atom. The van der Waals surface area contributed by atoms with E-state index >= 15 is 0 Å². The van der Waals surface area contributed by atoms with Gasteiger partial charge >= 0.3 is 0 Å². The van der Waals surface area contributed by atoms with Gasteiger partial charge in [-0.25, -0.2) is 0 Å². The number of hydrogen-bond acceptors (Lipinski definition) is 4. The molecule has 1 aromatic heterocycles. The summed E-state index contributed by atoms with van der Waals surface area (Å²) in [6.07, 6.45) is 2.05. The van der Waals surface area contributed by atoms with Gasteiger partial charge in [-0.2, -0.15) is 0 Å². The summed E-state index contributed by atoms with van der Waals surface area (Å²) in [6.45, 7) is 0.557. The number of aromatic nitrogens is 1. The number of methoxy groups -OCH3 is 3. The number of H-pyrrole nitrogens is 1. The number of para-hydroxylation sites is 2. The van der Waals surface area contributed by atoms with Crippen molar-refractivity contribution in [3.8, 4) is 17.2 Å². The number of anilines is 1. The lowest BCUT2D eigenvalue weighted by molar-refractivity contribution is 0.350. The summed E-state index contributed by atoms with van der Waals surface area (Å²) in [5, 5.41) is 8.29. The van der Waals surface area contributed by atoms with E-state index in [2.05, 4.69) is 40.0 Å². The minimum Gasteiger partial charge on any atom is -0.497 e. The van der Waals surface area contributed by atoms with Crippen molar-refractivity contribution in [3.05, 3.63) is 84.1 Å². The highest BCUT2D eigenvalue weighted by atomic mass is 32.1. The maximum absolute atomic E-state index is 5.76. The van der Waals surface area contributed by atoms with Gasteiger partial charge in [0, 0.05) is 46.9 Å². The fraction of sp³-hybridized carbons (Fsp3) is 0.192. The number of aromatic amines is 1. The van der Waals surface area contributed by atoms with Gasteiger partial charge in [0.2, 0.25) is 0 Å². The van der Waals surface area contributed by atoms with Crippen molar-refractivity contribution in [1.82, 2.24) is 10.3 Å². The standard InChI is InChI=1S/C26H27N3O3S/c1-30-18-9-6-8-17(14-18)29-26(33)28-16-22(20-11-7-13-24(31-2)25(20)32-3)21-15-27-23-12-5-4-10-19(21)23/h4-15,22,27H,16H2,1-3H3,(H2,28,29,33). The van der Waals surface area contributed by atoms with Crippen LogP contribution < -0.4 is 24.8 Å². The molecule has 3 N–H and O–H groups in total. The van der Waals surface area contributed by atoms with Crippen molar-refractivity contribution in [2.24, 2.45) is 0 Å². The summed E-state index contributed by atoms with van der Waals surface area (Å²) in [5.74, 6) is 2.12. The van der Waals surface area contributed by atoms with Crippen molar-refractivity contribution >= 4 is 33.9 Å². The largest absolute Gasteiger partial charge is 0.497 e. The van der Waals surface area contributed by atoms with Crippen LogP contribution in [-0.4, -0.2) is 38.0 Å². The first kappa shape index (κ1) is 22.5. The minimum absolute atomic E-state index is 0.0451. The number of hydrogen-bond donors (Lipinski definition) is 3. The highest BCUT2D eigenvalue weighted by molar-refractivity contribution is 7.80. The SMILES string of the molecule is COc1cccc(NC(=S)NCC(c2cccc(OC)c2OC)c2c[nH]c3ccccc23)c1. The maximum Gasteiger partial charge on any atom is 0.170 e. The molecule has 1 atom stereocenters. The van der Waals surface area contributed by atoms with Crippen LogP contribution in [0, 0.1) is 0 Å². The minimum atomic E-state index is -0.0451. The fourth-order valence-corrected chi connectivity index (χ4v) is 4.23. The highest BCUT2D eigenvalue weighted by Crippen LogP contribution is 2.40. The van der Waals surface area contributed by atoms with Gasteiger partial charge in [-0.1, -0.05) is 36.4 Å². The van der Waals surface area contributed by atoms with Crippen molar-refractivity contribution in [2.45, 2.75) is 5.92 Å². The average Bonchev–Trinajstić information content (AvgIpc) is 3.28. The zero-order valence-electron chi connectivity index (χ0n) is 18.8. The molecule has 0 aliphatic heterocycles.